The van der Waals surface area contributed by atoms with Gasteiger partial charge < -0.3 is 15.6 Å². The van der Waals surface area contributed by atoms with Gasteiger partial charge in [-0.1, -0.05) is 36.4 Å². The van der Waals surface area contributed by atoms with E-state index in [2.05, 4.69) is 26.0 Å². The SMILES string of the molecule is CO[C@]1(CC(=O)O)CC[C@@H](c2nc3c(-c4ccc(-c5ccccc5)nc4)cnn3c(N)c2Br)CC1. The molecule has 0 saturated heterocycles. The summed E-state index contributed by atoms with van der Waals surface area (Å²) in [5.74, 6) is -0.222. The first-order valence-corrected chi connectivity index (χ1v) is 12.3. The van der Waals surface area contributed by atoms with E-state index in [9.17, 15) is 9.90 Å². The summed E-state index contributed by atoms with van der Waals surface area (Å²) >= 11 is 3.64. The lowest BCUT2D eigenvalue weighted by molar-refractivity contribution is -0.146. The van der Waals surface area contributed by atoms with Crippen LogP contribution in [-0.2, 0) is 9.53 Å². The van der Waals surface area contributed by atoms with Gasteiger partial charge in [-0.2, -0.15) is 9.61 Å². The third-order valence-corrected chi connectivity index (χ3v) is 7.79. The lowest BCUT2D eigenvalue weighted by Crippen LogP contribution is -2.38. The number of anilines is 1. The maximum atomic E-state index is 11.3. The van der Waals surface area contributed by atoms with E-state index in [1.54, 1.807) is 17.8 Å². The molecule has 1 fully saturated rings. The molecule has 3 N–H and O–H groups in total. The third-order valence-electron chi connectivity index (χ3n) is 6.98. The number of pyridine rings is 1. The summed E-state index contributed by atoms with van der Waals surface area (Å²) < 4.78 is 8.01. The Morgan fingerprint density at radius 1 is 1.17 bits per heavy atom. The number of halogens is 1. The highest BCUT2D eigenvalue weighted by Crippen LogP contribution is 2.44. The molecule has 4 aromatic rings. The second-order valence-electron chi connectivity index (χ2n) is 9.02. The number of methoxy groups -OCH3 is 1. The number of nitrogens with zero attached hydrogens (tertiary/aromatic N) is 4. The minimum absolute atomic E-state index is 0.00470. The normalized spacial score (nSPS) is 20.2. The number of benzene rings is 1. The molecule has 0 radical (unpaired) electrons. The Morgan fingerprint density at radius 3 is 2.54 bits per heavy atom. The van der Waals surface area contributed by atoms with Crippen molar-refractivity contribution in [2.75, 3.05) is 12.8 Å². The molecule has 0 spiro atoms. The van der Waals surface area contributed by atoms with Gasteiger partial charge in [-0.25, -0.2) is 4.98 Å². The minimum Gasteiger partial charge on any atom is -0.481 e. The summed E-state index contributed by atoms with van der Waals surface area (Å²) in [6.07, 6.45) is 6.42. The van der Waals surface area contributed by atoms with Gasteiger partial charge in [-0.15, -0.1) is 0 Å². The summed E-state index contributed by atoms with van der Waals surface area (Å²) in [6, 6.07) is 14.0. The Kier molecular flexibility index (Phi) is 6.29. The molecule has 35 heavy (non-hydrogen) atoms. The van der Waals surface area contributed by atoms with Crippen molar-refractivity contribution in [2.24, 2.45) is 0 Å². The minimum atomic E-state index is -0.842. The van der Waals surface area contributed by atoms with Gasteiger partial charge in [-0.3, -0.25) is 9.78 Å². The Labute approximate surface area is 211 Å². The van der Waals surface area contributed by atoms with Crippen molar-refractivity contribution in [2.45, 2.75) is 43.6 Å². The third kappa shape index (κ3) is 4.41. The molecule has 0 amide bonds. The number of aromatic nitrogens is 4. The molecular formula is C26H26BrN5O3. The lowest BCUT2D eigenvalue weighted by atomic mass is 9.75. The predicted octanol–water partition coefficient (Wildman–Crippen LogP) is 5.32. The van der Waals surface area contributed by atoms with E-state index >= 15 is 0 Å². The van der Waals surface area contributed by atoms with Crippen molar-refractivity contribution in [3.63, 3.8) is 0 Å². The fourth-order valence-corrected chi connectivity index (χ4v) is 5.55. The number of fused-ring (bicyclic) bond motifs is 1. The van der Waals surface area contributed by atoms with Crippen LogP contribution in [0.1, 0.15) is 43.7 Å². The zero-order chi connectivity index (χ0) is 24.6. The second-order valence-corrected chi connectivity index (χ2v) is 9.81. The van der Waals surface area contributed by atoms with Crippen molar-refractivity contribution in [3.05, 3.63) is 65.0 Å². The van der Waals surface area contributed by atoms with Gasteiger partial charge in [0.15, 0.2) is 5.65 Å². The van der Waals surface area contributed by atoms with Gasteiger partial charge in [0.1, 0.15) is 5.82 Å². The van der Waals surface area contributed by atoms with E-state index < -0.39 is 11.6 Å². The predicted molar refractivity (Wildman–Crippen MR) is 137 cm³/mol. The van der Waals surface area contributed by atoms with Crippen LogP contribution in [0.2, 0.25) is 0 Å². The van der Waals surface area contributed by atoms with E-state index in [1.807, 2.05) is 48.7 Å². The number of hydrogen-bond acceptors (Lipinski definition) is 6. The van der Waals surface area contributed by atoms with Gasteiger partial charge in [0, 0.05) is 35.9 Å². The first-order valence-electron chi connectivity index (χ1n) is 11.5. The zero-order valence-corrected chi connectivity index (χ0v) is 20.9. The van der Waals surface area contributed by atoms with Gasteiger partial charge in [0.05, 0.1) is 34.1 Å². The van der Waals surface area contributed by atoms with Crippen molar-refractivity contribution in [1.82, 2.24) is 19.6 Å². The van der Waals surface area contributed by atoms with Gasteiger partial charge in [0.2, 0.25) is 0 Å². The number of nitrogens with two attached hydrogens (primary N) is 1. The fourth-order valence-electron chi connectivity index (χ4n) is 4.97. The average Bonchev–Trinajstić information content (AvgIpc) is 3.31. The van der Waals surface area contributed by atoms with E-state index in [0.717, 1.165) is 45.4 Å². The molecule has 0 aliphatic heterocycles. The number of ether oxygens (including phenoxy) is 1. The maximum Gasteiger partial charge on any atom is 0.306 e. The fraction of sp³-hybridized carbons (Fsp3) is 0.308. The van der Waals surface area contributed by atoms with Crippen LogP contribution in [0.4, 0.5) is 5.82 Å². The highest BCUT2D eigenvalue weighted by Gasteiger charge is 2.39. The van der Waals surface area contributed by atoms with E-state index in [4.69, 9.17) is 15.5 Å². The van der Waals surface area contributed by atoms with Crippen molar-refractivity contribution in [1.29, 1.82) is 0 Å². The van der Waals surface area contributed by atoms with Crippen LogP contribution in [0.15, 0.2) is 59.3 Å². The Morgan fingerprint density at radius 2 is 1.91 bits per heavy atom. The van der Waals surface area contributed by atoms with Crippen LogP contribution < -0.4 is 5.73 Å². The van der Waals surface area contributed by atoms with Crippen molar-refractivity contribution in [3.8, 4) is 22.4 Å². The van der Waals surface area contributed by atoms with Gasteiger partial charge >= 0.3 is 5.97 Å². The van der Waals surface area contributed by atoms with E-state index in [0.29, 0.717) is 24.3 Å². The number of nitrogen functional groups attached to an aromatic ring is 1. The van der Waals surface area contributed by atoms with Crippen LogP contribution in [-0.4, -0.2) is 43.4 Å². The standard InChI is InChI=1S/C26H26BrN5O3/c1-35-26(13-21(33)34)11-9-17(10-12-26)23-22(27)24(28)32-25(31-23)19(15-30-32)18-7-8-20(29-14-18)16-5-3-2-4-6-16/h2-8,14-15,17H,9-13,28H2,1H3,(H,33,34)/t17-,26-. The first-order chi connectivity index (χ1) is 16.9. The zero-order valence-electron chi connectivity index (χ0n) is 19.3. The molecular weight excluding hydrogens is 510 g/mol. The molecule has 9 heteroatoms. The van der Waals surface area contributed by atoms with Gasteiger partial charge in [0.25, 0.3) is 0 Å². The van der Waals surface area contributed by atoms with Crippen LogP contribution in [0.3, 0.4) is 0 Å². The average molecular weight is 536 g/mol. The van der Waals surface area contributed by atoms with E-state index in [-0.39, 0.29) is 12.3 Å². The van der Waals surface area contributed by atoms with Crippen molar-refractivity contribution >= 4 is 33.4 Å². The molecule has 8 nitrogen and oxygen atoms in total. The Balaban J connectivity index is 1.47. The first kappa shape index (κ1) is 23.4. The number of aliphatic carboxylic acids is 1. The van der Waals surface area contributed by atoms with Crippen LogP contribution in [0.25, 0.3) is 28.0 Å². The summed E-state index contributed by atoms with van der Waals surface area (Å²) in [5.41, 5.74) is 11.1. The molecule has 1 aliphatic rings. The number of hydrogen-bond donors (Lipinski definition) is 2. The van der Waals surface area contributed by atoms with Gasteiger partial charge in [-0.05, 0) is 47.7 Å². The highest BCUT2D eigenvalue weighted by molar-refractivity contribution is 9.10. The molecule has 0 bridgehead atoms. The largest absolute Gasteiger partial charge is 0.481 e. The van der Waals surface area contributed by atoms with Crippen LogP contribution in [0, 0.1) is 0 Å². The molecule has 3 heterocycles. The molecule has 1 aromatic carbocycles. The van der Waals surface area contributed by atoms with Crippen LogP contribution in [0.5, 0.6) is 0 Å². The smallest absolute Gasteiger partial charge is 0.306 e. The Hall–Kier alpha value is -3.30. The topological polar surface area (TPSA) is 116 Å². The number of carboxylic acid groups (broad SMARTS) is 1. The summed E-state index contributed by atoms with van der Waals surface area (Å²) in [7, 11) is 1.59. The molecule has 180 valence electrons. The summed E-state index contributed by atoms with van der Waals surface area (Å²) in [6.45, 7) is 0. The Bertz CT molecular complexity index is 1360. The van der Waals surface area contributed by atoms with Crippen molar-refractivity contribution < 1.29 is 14.6 Å². The summed E-state index contributed by atoms with van der Waals surface area (Å²) in [5, 5.41) is 13.8. The monoisotopic (exact) mass is 535 g/mol. The maximum absolute atomic E-state index is 11.3. The number of rotatable bonds is 6. The highest BCUT2D eigenvalue weighted by atomic mass is 79.9. The quantitative estimate of drug-likeness (QED) is 0.343. The molecule has 0 atom stereocenters. The molecule has 5 rings (SSSR count). The summed E-state index contributed by atoms with van der Waals surface area (Å²) in [4.78, 5) is 21.0. The molecule has 3 aromatic heterocycles. The van der Waals surface area contributed by atoms with Crippen LogP contribution >= 0.6 is 15.9 Å². The number of carbonyl (C=O) groups is 1. The number of carboxylic acids is 1. The van der Waals surface area contributed by atoms with E-state index in [1.165, 1.54) is 0 Å². The molecule has 1 aliphatic carbocycles. The lowest BCUT2D eigenvalue weighted by Gasteiger charge is -2.38. The second kappa shape index (κ2) is 9.39. The molecule has 0 unspecified atom stereocenters. The molecule has 1 saturated carbocycles.